The summed E-state index contributed by atoms with van der Waals surface area (Å²) < 4.78 is 5.14. The van der Waals surface area contributed by atoms with E-state index in [9.17, 15) is 4.79 Å². The Bertz CT molecular complexity index is 687. The maximum Gasteiger partial charge on any atom is 0.275 e. The molecule has 0 heterocycles. The quantitative estimate of drug-likeness (QED) is 0.513. The standard InChI is InChI=1S/C16H15ClN2O2S/c1-21-15-8-5-12(17)9-14(15)16(20)19-18-10-11-3-6-13(22-2)7-4-11/h3-10H,1-2H3,(H,19,20)/b18-10+. The number of carbonyl (C=O) groups is 1. The number of carbonyl (C=O) groups excluding carboxylic acids is 1. The molecule has 0 saturated heterocycles. The molecule has 0 saturated carbocycles. The Morgan fingerprint density at radius 2 is 2.00 bits per heavy atom. The number of hydrogen-bond acceptors (Lipinski definition) is 4. The molecule has 2 aromatic carbocycles. The molecule has 114 valence electrons. The highest BCUT2D eigenvalue weighted by atomic mass is 35.5. The number of thioether (sulfide) groups is 1. The van der Waals surface area contributed by atoms with Gasteiger partial charge in [0.1, 0.15) is 5.75 Å². The number of amides is 1. The maximum atomic E-state index is 12.1. The van der Waals surface area contributed by atoms with Crippen LogP contribution in [0.15, 0.2) is 52.5 Å². The predicted octanol–water partition coefficient (Wildman–Crippen LogP) is 3.83. The first-order valence-electron chi connectivity index (χ1n) is 6.45. The number of nitrogens with one attached hydrogen (secondary N) is 1. The third kappa shape index (κ3) is 4.26. The van der Waals surface area contributed by atoms with Crippen LogP contribution < -0.4 is 10.2 Å². The Morgan fingerprint density at radius 3 is 2.64 bits per heavy atom. The summed E-state index contributed by atoms with van der Waals surface area (Å²) in [4.78, 5) is 13.3. The van der Waals surface area contributed by atoms with E-state index in [4.69, 9.17) is 16.3 Å². The third-order valence-electron chi connectivity index (χ3n) is 2.90. The predicted molar refractivity (Wildman–Crippen MR) is 91.3 cm³/mol. The van der Waals surface area contributed by atoms with Crippen molar-refractivity contribution in [2.75, 3.05) is 13.4 Å². The van der Waals surface area contributed by atoms with Gasteiger partial charge in [-0.2, -0.15) is 5.10 Å². The molecule has 0 radical (unpaired) electrons. The Morgan fingerprint density at radius 1 is 1.27 bits per heavy atom. The van der Waals surface area contributed by atoms with Gasteiger partial charge in [0.15, 0.2) is 0 Å². The topological polar surface area (TPSA) is 50.7 Å². The molecule has 4 nitrogen and oxygen atoms in total. The number of nitrogens with zero attached hydrogens (tertiary/aromatic N) is 1. The second-order valence-corrected chi connectivity index (χ2v) is 5.63. The zero-order valence-corrected chi connectivity index (χ0v) is 13.7. The molecule has 0 bridgehead atoms. The largest absolute Gasteiger partial charge is 0.496 e. The number of halogens is 1. The van der Waals surface area contributed by atoms with Crippen molar-refractivity contribution < 1.29 is 9.53 Å². The van der Waals surface area contributed by atoms with E-state index in [-0.39, 0.29) is 5.91 Å². The van der Waals surface area contributed by atoms with Gasteiger partial charge in [-0.3, -0.25) is 4.79 Å². The Balaban J connectivity index is 2.05. The van der Waals surface area contributed by atoms with Gasteiger partial charge in [0.25, 0.3) is 5.91 Å². The molecule has 0 aliphatic heterocycles. The lowest BCUT2D eigenvalue weighted by Crippen LogP contribution is -2.18. The molecule has 0 fully saturated rings. The van der Waals surface area contributed by atoms with Crippen molar-refractivity contribution in [3.05, 3.63) is 58.6 Å². The smallest absolute Gasteiger partial charge is 0.275 e. The van der Waals surface area contributed by atoms with Crippen LogP contribution in [0.1, 0.15) is 15.9 Å². The lowest BCUT2D eigenvalue weighted by molar-refractivity contribution is 0.0952. The van der Waals surface area contributed by atoms with Gasteiger partial charge < -0.3 is 4.74 Å². The Kier molecular flexibility index (Phi) is 5.86. The van der Waals surface area contributed by atoms with Crippen LogP contribution >= 0.6 is 23.4 Å². The van der Waals surface area contributed by atoms with Crippen molar-refractivity contribution in [1.29, 1.82) is 0 Å². The van der Waals surface area contributed by atoms with Crippen LogP contribution in [0.2, 0.25) is 5.02 Å². The summed E-state index contributed by atoms with van der Waals surface area (Å²) in [5.41, 5.74) is 3.70. The summed E-state index contributed by atoms with van der Waals surface area (Å²) in [5.74, 6) is 0.0674. The number of methoxy groups -OCH3 is 1. The van der Waals surface area contributed by atoms with Crippen LogP contribution in [-0.2, 0) is 0 Å². The van der Waals surface area contributed by atoms with Crippen molar-refractivity contribution in [3.8, 4) is 5.75 Å². The number of rotatable bonds is 5. The van der Waals surface area contributed by atoms with Crippen molar-refractivity contribution >= 4 is 35.5 Å². The van der Waals surface area contributed by atoms with E-state index in [2.05, 4.69) is 10.5 Å². The van der Waals surface area contributed by atoms with E-state index in [1.807, 2.05) is 30.5 Å². The molecule has 0 aliphatic carbocycles. The van der Waals surface area contributed by atoms with E-state index in [0.29, 0.717) is 16.3 Å². The summed E-state index contributed by atoms with van der Waals surface area (Å²) in [7, 11) is 1.50. The average molecular weight is 335 g/mol. The zero-order valence-electron chi connectivity index (χ0n) is 12.2. The van der Waals surface area contributed by atoms with E-state index in [0.717, 1.165) is 5.56 Å². The van der Waals surface area contributed by atoms with Crippen molar-refractivity contribution in [3.63, 3.8) is 0 Å². The first kappa shape index (κ1) is 16.4. The second-order valence-electron chi connectivity index (χ2n) is 4.32. The summed E-state index contributed by atoms with van der Waals surface area (Å²) in [6, 6.07) is 12.7. The van der Waals surface area contributed by atoms with Gasteiger partial charge in [-0.05, 0) is 42.2 Å². The first-order chi connectivity index (χ1) is 10.6. The molecule has 6 heteroatoms. The molecule has 2 rings (SSSR count). The second kappa shape index (κ2) is 7.87. The van der Waals surface area contributed by atoms with Gasteiger partial charge in [0.2, 0.25) is 0 Å². The number of hydrazone groups is 1. The summed E-state index contributed by atoms with van der Waals surface area (Å²) in [6.45, 7) is 0. The molecule has 22 heavy (non-hydrogen) atoms. The fourth-order valence-electron chi connectivity index (χ4n) is 1.77. The Hall–Kier alpha value is -1.98. The van der Waals surface area contributed by atoms with Gasteiger partial charge in [-0.15, -0.1) is 11.8 Å². The monoisotopic (exact) mass is 334 g/mol. The molecule has 2 aromatic rings. The molecular formula is C16H15ClN2O2S. The highest BCUT2D eigenvalue weighted by molar-refractivity contribution is 7.98. The molecule has 0 spiro atoms. The minimum Gasteiger partial charge on any atom is -0.496 e. The highest BCUT2D eigenvalue weighted by Crippen LogP contribution is 2.22. The van der Waals surface area contributed by atoms with Crippen LogP contribution in [0.3, 0.4) is 0 Å². The molecule has 1 N–H and O–H groups in total. The van der Waals surface area contributed by atoms with Gasteiger partial charge in [0, 0.05) is 9.92 Å². The lowest BCUT2D eigenvalue weighted by Gasteiger charge is -2.07. The molecule has 0 aromatic heterocycles. The van der Waals surface area contributed by atoms with Crippen LogP contribution in [0.4, 0.5) is 0 Å². The van der Waals surface area contributed by atoms with Crippen molar-refractivity contribution in [2.24, 2.45) is 5.10 Å². The number of hydrogen-bond donors (Lipinski definition) is 1. The number of benzene rings is 2. The fraction of sp³-hybridized carbons (Fsp3) is 0.125. The van der Waals surface area contributed by atoms with Crippen LogP contribution in [-0.4, -0.2) is 25.5 Å². The Labute approximate surface area is 138 Å². The molecule has 0 unspecified atom stereocenters. The summed E-state index contributed by atoms with van der Waals surface area (Å²) >= 11 is 7.57. The van der Waals surface area contributed by atoms with E-state index < -0.39 is 0 Å². The average Bonchev–Trinajstić information content (AvgIpc) is 2.55. The van der Waals surface area contributed by atoms with E-state index in [1.54, 1.807) is 36.2 Å². The molecular weight excluding hydrogens is 320 g/mol. The summed E-state index contributed by atoms with van der Waals surface area (Å²) in [6.07, 6.45) is 3.60. The van der Waals surface area contributed by atoms with Crippen molar-refractivity contribution in [1.82, 2.24) is 5.43 Å². The minimum atomic E-state index is -0.378. The highest BCUT2D eigenvalue weighted by Gasteiger charge is 2.11. The SMILES string of the molecule is COc1ccc(Cl)cc1C(=O)N/N=C/c1ccc(SC)cc1. The summed E-state index contributed by atoms with van der Waals surface area (Å²) in [5, 5.41) is 4.41. The number of ether oxygens (including phenoxy) is 1. The van der Waals surface area contributed by atoms with Crippen molar-refractivity contribution in [2.45, 2.75) is 4.90 Å². The molecule has 0 atom stereocenters. The first-order valence-corrected chi connectivity index (χ1v) is 8.05. The normalized spacial score (nSPS) is 10.7. The van der Waals surface area contributed by atoms with E-state index >= 15 is 0 Å². The van der Waals surface area contributed by atoms with E-state index in [1.165, 1.54) is 12.0 Å². The van der Waals surface area contributed by atoms with Gasteiger partial charge >= 0.3 is 0 Å². The third-order valence-corrected chi connectivity index (χ3v) is 3.88. The minimum absolute atomic E-state index is 0.338. The van der Waals surface area contributed by atoms with Gasteiger partial charge in [0.05, 0.1) is 18.9 Å². The molecule has 1 amide bonds. The molecule has 0 aliphatic rings. The maximum absolute atomic E-state index is 12.1. The van der Waals surface area contributed by atoms with Crippen LogP contribution in [0.25, 0.3) is 0 Å². The van der Waals surface area contributed by atoms with Gasteiger partial charge in [-0.25, -0.2) is 5.43 Å². The van der Waals surface area contributed by atoms with Gasteiger partial charge in [-0.1, -0.05) is 23.7 Å². The lowest BCUT2D eigenvalue weighted by atomic mass is 10.2. The fourth-order valence-corrected chi connectivity index (χ4v) is 2.35. The van der Waals surface area contributed by atoms with Crippen LogP contribution in [0.5, 0.6) is 5.75 Å². The van der Waals surface area contributed by atoms with Crippen LogP contribution in [0, 0.1) is 0 Å². The zero-order chi connectivity index (χ0) is 15.9.